The minimum Gasteiger partial charge on any atom is -0.398 e. The Kier molecular flexibility index (Phi) is 4.27. The fraction of sp³-hybridized carbons (Fsp3) is 0.214. The second-order valence-electron chi connectivity index (χ2n) is 4.41. The quantitative estimate of drug-likeness (QED) is 0.868. The molecule has 0 aliphatic carbocycles. The van der Waals surface area contributed by atoms with Gasteiger partial charge in [-0.05, 0) is 46.6 Å². The largest absolute Gasteiger partial charge is 0.398 e. The van der Waals surface area contributed by atoms with Crippen molar-refractivity contribution in [2.45, 2.75) is 13.5 Å². The van der Waals surface area contributed by atoms with E-state index in [9.17, 15) is 4.79 Å². The van der Waals surface area contributed by atoms with E-state index >= 15 is 0 Å². The van der Waals surface area contributed by atoms with Crippen molar-refractivity contribution in [1.29, 1.82) is 0 Å². The molecule has 1 aromatic heterocycles. The first-order chi connectivity index (χ1) is 8.99. The van der Waals surface area contributed by atoms with E-state index in [0.29, 0.717) is 17.8 Å². The second-order valence-corrected chi connectivity index (χ2v) is 6.32. The van der Waals surface area contributed by atoms with Crippen LogP contribution in [0.25, 0.3) is 0 Å². The van der Waals surface area contributed by atoms with Crippen LogP contribution in [0.5, 0.6) is 0 Å². The number of amides is 1. The summed E-state index contributed by atoms with van der Waals surface area (Å²) in [5.74, 6) is -0.00526. The fourth-order valence-electron chi connectivity index (χ4n) is 1.83. The minimum absolute atomic E-state index is 0.00526. The number of nitrogens with two attached hydrogens (primary N) is 1. The highest BCUT2D eigenvalue weighted by atomic mass is 79.9. The molecule has 2 rings (SSSR count). The average Bonchev–Trinajstić information content (AvgIpc) is 2.77. The first-order valence-electron chi connectivity index (χ1n) is 5.82. The standard InChI is InChI=1S/C14H15BrN2OS/c1-9-12(4-3-5-13(9)16)14(18)17(2)7-11-6-10(15)8-19-11/h3-6,8H,7,16H2,1-2H3. The highest BCUT2D eigenvalue weighted by Crippen LogP contribution is 2.22. The van der Waals surface area contributed by atoms with E-state index in [2.05, 4.69) is 15.9 Å². The Morgan fingerprint density at radius 2 is 2.21 bits per heavy atom. The molecule has 2 N–H and O–H groups in total. The van der Waals surface area contributed by atoms with Crippen molar-refractivity contribution in [3.8, 4) is 0 Å². The molecule has 0 aliphatic rings. The highest BCUT2D eigenvalue weighted by molar-refractivity contribution is 9.10. The van der Waals surface area contributed by atoms with Crippen LogP contribution in [-0.4, -0.2) is 17.9 Å². The first-order valence-corrected chi connectivity index (χ1v) is 7.49. The molecular formula is C14H15BrN2OS. The van der Waals surface area contributed by atoms with Crippen LogP contribution in [0.2, 0.25) is 0 Å². The van der Waals surface area contributed by atoms with Crippen molar-refractivity contribution in [3.05, 3.63) is 50.1 Å². The molecule has 5 heteroatoms. The van der Waals surface area contributed by atoms with E-state index in [1.165, 1.54) is 0 Å². The molecule has 0 unspecified atom stereocenters. The maximum absolute atomic E-state index is 12.4. The summed E-state index contributed by atoms with van der Waals surface area (Å²) in [7, 11) is 1.80. The Morgan fingerprint density at radius 3 is 2.84 bits per heavy atom. The van der Waals surface area contributed by atoms with Gasteiger partial charge < -0.3 is 10.6 Å². The van der Waals surface area contributed by atoms with Crippen LogP contribution in [0.15, 0.2) is 34.1 Å². The summed E-state index contributed by atoms with van der Waals surface area (Å²) in [5.41, 5.74) is 8.00. The molecule has 0 radical (unpaired) electrons. The summed E-state index contributed by atoms with van der Waals surface area (Å²) in [6, 6.07) is 7.46. The predicted molar refractivity (Wildman–Crippen MR) is 83.4 cm³/mol. The number of thiophene rings is 1. The van der Waals surface area contributed by atoms with Gasteiger partial charge in [0.15, 0.2) is 0 Å². The second kappa shape index (κ2) is 5.75. The van der Waals surface area contributed by atoms with E-state index in [1.807, 2.05) is 36.6 Å². The number of anilines is 1. The van der Waals surface area contributed by atoms with E-state index in [0.717, 1.165) is 14.9 Å². The number of benzene rings is 1. The van der Waals surface area contributed by atoms with Gasteiger partial charge in [-0.3, -0.25) is 4.79 Å². The molecule has 1 amide bonds. The van der Waals surface area contributed by atoms with Gasteiger partial charge in [0.2, 0.25) is 0 Å². The molecule has 0 aliphatic heterocycles. The van der Waals surface area contributed by atoms with Gasteiger partial charge in [0, 0.05) is 33.0 Å². The van der Waals surface area contributed by atoms with E-state index in [4.69, 9.17) is 5.73 Å². The summed E-state index contributed by atoms with van der Waals surface area (Å²) in [6.07, 6.45) is 0. The Hall–Kier alpha value is -1.33. The zero-order valence-electron chi connectivity index (χ0n) is 10.8. The Bertz CT molecular complexity index is 609. The monoisotopic (exact) mass is 338 g/mol. The van der Waals surface area contributed by atoms with E-state index < -0.39 is 0 Å². The first kappa shape index (κ1) is 14.1. The SMILES string of the molecule is Cc1c(N)cccc1C(=O)N(C)Cc1cc(Br)cs1. The summed E-state index contributed by atoms with van der Waals surface area (Å²) in [6.45, 7) is 2.47. The number of nitrogen functional groups attached to an aromatic ring is 1. The number of nitrogens with zero attached hydrogens (tertiary/aromatic N) is 1. The van der Waals surface area contributed by atoms with Crippen LogP contribution in [0.3, 0.4) is 0 Å². The zero-order chi connectivity index (χ0) is 14.0. The smallest absolute Gasteiger partial charge is 0.254 e. The molecule has 1 heterocycles. The number of rotatable bonds is 3. The van der Waals surface area contributed by atoms with Crippen molar-refractivity contribution < 1.29 is 4.79 Å². The van der Waals surface area contributed by atoms with Gasteiger partial charge in [0.25, 0.3) is 5.91 Å². The maximum Gasteiger partial charge on any atom is 0.254 e. The molecule has 100 valence electrons. The molecule has 0 atom stereocenters. The molecule has 0 saturated carbocycles. The molecular weight excluding hydrogens is 324 g/mol. The van der Waals surface area contributed by atoms with Gasteiger partial charge in [-0.15, -0.1) is 11.3 Å². The van der Waals surface area contributed by atoms with Gasteiger partial charge in [-0.25, -0.2) is 0 Å². The third-order valence-electron chi connectivity index (χ3n) is 2.97. The van der Waals surface area contributed by atoms with Crippen molar-refractivity contribution in [3.63, 3.8) is 0 Å². The maximum atomic E-state index is 12.4. The van der Waals surface area contributed by atoms with Crippen molar-refractivity contribution in [1.82, 2.24) is 4.90 Å². The average molecular weight is 339 g/mol. The molecule has 0 bridgehead atoms. The number of halogens is 1. The highest BCUT2D eigenvalue weighted by Gasteiger charge is 2.15. The predicted octanol–water partition coefficient (Wildman–Crippen LogP) is 3.67. The molecule has 0 spiro atoms. The number of hydrogen-bond donors (Lipinski definition) is 1. The Morgan fingerprint density at radius 1 is 1.47 bits per heavy atom. The molecule has 1 aromatic carbocycles. The molecule has 0 saturated heterocycles. The lowest BCUT2D eigenvalue weighted by atomic mass is 10.1. The Labute approximate surface area is 125 Å². The van der Waals surface area contributed by atoms with Crippen LogP contribution < -0.4 is 5.73 Å². The summed E-state index contributed by atoms with van der Waals surface area (Å²) >= 11 is 5.05. The summed E-state index contributed by atoms with van der Waals surface area (Å²) in [5, 5.41) is 2.01. The molecule has 3 nitrogen and oxygen atoms in total. The Balaban J connectivity index is 2.17. The summed E-state index contributed by atoms with van der Waals surface area (Å²) < 4.78 is 1.05. The number of hydrogen-bond acceptors (Lipinski definition) is 3. The van der Waals surface area contributed by atoms with Gasteiger partial charge in [-0.2, -0.15) is 0 Å². The zero-order valence-corrected chi connectivity index (χ0v) is 13.2. The van der Waals surface area contributed by atoms with E-state index in [-0.39, 0.29) is 5.91 Å². The lowest BCUT2D eigenvalue weighted by Gasteiger charge is -2.18. The fourth-order valence-corrected chi connectivity index (χ4v) is 3.34. The molecule has 0 fully saturated rings. The molecule has 2 aromatic rings. The number of carbonyl (C=O) groups is 1. The van der Waals surface area contributed by atoms with Crippen LogP contribution in [-0.2, 0) is 6.54 Å². The third-order valence-corrected chi connectivity index (χ3v) is 4.65. The van der Waals surface area contributed by atoms with Gasteiger partial charge in [0.05, 0.1) is 6.54 Å². The van der Waals surface area contributed by atoms with Crippen molar-refractivity contribution in [2.75, 3.05) is 12.8 Å². The van der Waals surface area contributed by atoms with Gasteiger partial charge >= 0.3 is 0 Å². The third kappa shape index (κ3) is 3.16. The van der Waals surface area contributed by atoms with Crippen LogP contribution in [0.4, 0.5) is 5.69 Å². The van der Waals surface area contributed by atoms with Gasteiger partial charge in [-0.1, -0.05) is 6.07 Å². The lowest BCUT2D eigenvalue weighted by Crippen LogP contribution is -2.26. The van der Waals surface area contributed by atoms with Crippen molar-refractivity contribution in [2.24, 2.45) is 0 Å². The van der Waals surface area contributed by atoms with Crippen LogP contribution >= 0.6 is 27.3 Å². The lowest BCUT2D eigenvalue weighted by molar-refractivity contribution is 0.0786. The van der Waals surface area contributed by atoms with Gasteiger partial charge in [0.1, 0.15) is 0 Å². The number of carbonyl (C=O) groups excluding carboxylic acids is 1. The van der Waals surface area contributed by atoms with Crippen LogP contribution in [0, 0.1) is 6.92 Å². The van der Waals surface area contributed by atoms with Crippen molar-refractivity contribution >= 4 is 38.9 Å². The molecule has 19 heavy (non-hydrogen) atoms. The summed E-state index contributed by atoms with van der Waals surface area (Å²) in [4.78, 5) is 15.2. The van der Waals surface area contributed by atoms with E-state index in [1.54, 1.807) is 23.3 Å². The normalized spacial score (nSPS) is 10.5. The minimum atomic E-state index is -0.00526. The topological polar surface area (TPSA) is 46.3 Å². The van der Waals surface area contributed by atoms with Crippen LogP contribution in [0.1, 0.15) is 20.8 Å².